The summed E-state index contributed by atoms with van der Waals surface area (Å²) in [6, 6.07) is 0. The van der Waals surface area contributed by atoms with Crippen LogP contribution in [-0.2, 0) is 9.53 Å². The highest BCUT2D eigenvalue weighted by Gasteiger charge is 2.12. The van der Waals surface area contributed by atoms with Gasteiger partial charge in [-0.25, -0.2) is 0 Å². The van der Waals surface area contributed by atoms with Crippen molar-refractivity contribution in [3.63, 3.8) is 0 Å². The van der Waals surface area contributed by atoms with E-state index in [2.05, 4.69) is 0 Å². The lowest BCUT2D eigenvalue weighted by molar-refractivity contribution is -0.122. The average Bonchev–Trinajstić information content (AvgIpc) is 1.97. The summed E-state index contributed by atoms with van der Waals surface area (Å²) >= 11 is 0. The second kappa shape index (κ2) is 6.16. The first kappa shape index (κ1) is 10.4. The first-order valence-corrected chi connectivity index (χ1v) is 4.00. The first-order valence-electron chi connectivity index (χ1n) is 4.00. The molecule has 0 bridgehead atoms. The van der Waals surface area contributed by atoms with Gasteiger partial charge in [0.1, 0.15) is 0 Å². The minimum absolute atomic E-state index is 0.0000463. The van der Waals surface area contributed by atoms with Gasteiger partial charge < -0.3 is 10.5 Å². The normalized spacial score (nSPS) is 12.9. The van der Waals surface area contributed by atoms with Crippen LogP contribution in [0.4, 0.5) is 0 Å². The van der Waals surface area contributed by atoms with Crippen LogP contribution in [0.2, 0.25) is 0 Å². The van der Waals surface area contributed by atoms with Crippen LogP contribution in [0.3, 0.4) is 0 Å². The summed E-state index contributed by atoms with van der Waals surface area (Å²) in [5, 5.41) is 0. The smallest absolute Gasteiger partial charge is 0.220 e. The Bertz CT molecular complexity index is 115. The molecule has 0 rings (SSSR count). The van der Waals surface area contributed by atoms with E-state index in [9.17, 15) is 4.79 Å². The van der Waals surface area contributed by atoms with Crippen molar-refractivity contribution in [2.45, 2.75) is 26.2 Å². The fourth-order valence-corrected chi connectivity index (χ4v) is 1.04. The maximum atomic E-state index is 10.8. The Morgan fingerprint density at radius 2 is 2.18 bits per heavy atom. The number of hydrogen-bond acceptors (Lipinski definition) is 2. The molecule has 3 heteroatoms. The summed E-state index contributed by atoms with van der Waals surface area (Å²) in [5.41, 5.74) is 5.17. The monoisotopic (exact) mass is 159 g/mol. The van der Waals surface area contributed by atoms with Crippen molar-refractivity contribution in [3.8, 4) is 0 Å². The molecule has 66 valence electrons. The van der Waals surface area contributed by atoms with Crippen molar-refractivity contribution >= 4 is 5.91 Å². The molecular weight excluding hydrogens is 142 g/mol. The first-order chi connectivity index (χ1) is 5.22. The molecule has 0 aromatic rings. The molecule has 0 radical (unpaired) electrons. The number of hydrogen-bond donors (Lipinski definition) is 1. The number of carbonyl (C=O) groups excluding carboxylic acids is 1. The summed E-state index contributed by atoms with van der Waals surface area (Å²) in [5.74, 6) is -0.205. The van der Waals surface area contributed by atoms with Crippen molar-refractivity contribution in [2.24, 2.45) is 11.7 Å². The number of carbonyl (C=O) groups is 1. The Hall–Kier alpha value is -0.570. The van der Waals surface area contributed by atoms with Crippen molar-refractivity contribution in [1.82, 2.24) is 0 Å². The predicted octanol–water partition coefficient (Wildman–Crippen LogP) is 0.924. The quantitative estimate of drug-likeness (QED) is 0.626. The standard InChI is InChI=1S/C8H17NO2/c1-3-4-7(8(9)10)5-6-11-2/h7H,3-6H2,1-2H3,(H2,9,10). The van der Waals surface area contributed by atoms with E-state index in [4.69, 9.17) is 10.5 Å². The Labute approximate surface area is 67.9 Å². The van der Waals surface area contributed by atoms with E-state index in [1.165, 1.54) is 0 Å². The molecule has 2 N–H and O–H groups in total. The fraction of sp³-hybridized carbons (Fsp3) is 0.875. The zero-order valence-electron chi connectivity index (χ0n) is 7.30. The van der Waals surface area contributed by atoms with Gasteiger partial charge in [0.05, 0.1) is 0 Å². The van der Waals surface area contributed by atoms with Crippen molar-refractivity contribution in [3.05, 3.63) is 0 Å². The van der Waals surface area contributed by atoms with Crippen molar-refractivity contribution in [1.29, 1.82) is 0 Å². The van der Waals surface area contributed by atoms with Crippen LogP contribution in [0.25, 0.3) is 0 Å². The highest BCUT2D eigenvalue weighted by Crippen LogP contribution is 2.09. The van der Waals surface area contributed by atoms with Gasteiger partial charge in [-0.15, -0.1) is 0 Å². The van der Waals surface area contributed by atoms with E-state index in [-0.39, 0.29) is 11.8 Å². The number of rotatable bonds is 6. The van der Waals surface area contributed by atoms with E-state index < -0.39 is 0 Å². The molecule has 0 heterocycles. The number of amides is 1. The fourth-order valence-electron chi connectivity index (χ4n) is 1.04. The molecule has 3 nitrogen and oxygen atoms in total. The minimum Gasteiger partial charge on any atom is -0.385 e. The van der Waals surface area contributed by atoms with Crippen molar-refractivity contribution < 1.29 is 9.53 Å². The van der Waals surface area contributed by atoms with Crippen LogP contribution < -0.4 is 5.73 Å². The number of primary amides is 1. The molecule has 1 atom stereocenters. The van der Waals surface area contributed by atoms with Gasteiger partial charge in [-0.2, -0.15) is 0 Å². The molecule has 0 saturated heterocycles. The van der Waals surface area contributed by atoms with Crippen LogP contribution in [0.15, 0.2) is 0 Å². The molecule has 0 aliphatic carbocycles. The SMILES string of the molecule is CCCC(CCOC)C(N)=O. The lowest BCUT2D eigenvalue weighted by Crippen LogP contribution is -2.24. The molecule has 1 unspecified atom stereocenters. The van der Waals surface area contributed by atoms with E-state index in [0.29, 0.717) is 6.61 Å². The molecule has 0 aliphatic heterocycles. The molecule has 0 aromatic carbocycles. The molecule has 0 saturated carbocycles. The zero-order valence-corrected chi connectivity index (χ0v) is 7.30. The molecule has 0 aromatic heterocycles. The van der Waals surface area contributed by atoms with Crippen LogP contribution in [0.5, 0.6) is 0 Å². The Kier molecular flexibility index (Phi) is 5.84. The Balaban J connectivity index is 3.60. The van der Waals surface area contributed by atoms with Gasteiger partial charge in [0.25, 0.3) is 0 Å². The van der Waals surface area contributed by atoms with Gasteiger partial charge in [-0.05, 0) is 12.8 Å². The number of ether oxygens (including phenoxy) is 1. The van der Waals surface area contributed by atoms with Crippen molar-refractivity contribution in [2.75, 3.05) is 13.7 Å². The van der Waals surface area contributed by atoms with Crippen LogP contribution >= 0.6 is 0 Å². The summed E-state index contributed by atoms with van der Waals surface area (Å²) in [6.45, 7) is 2.66. The third kappa shape index (κ3) is 4.79. The van der Waals surface area contributed by atoms with Gasteiger partial charge in [-0.1, -0.05) is 13.3 Å². The number of methoxy groups -OCH3 is 1. The topological polar surface area (TPSA) is 52.3 Å². The number of nitrogens with two attached hydrogens (primary N) is 1. The van der Waals surface area contributed by atoms with E-state index in [1.807, 2.05) is 6.92 Å². The van der Waals surface area contributed by atoms with E-state index >= 15 is 0 Å². The molecule has 1 amide bonds. The molecule has 0 aliphatic rings. The highest BCUT2D eigenvalue weighted by molar-refractivity contribution is 5.76. The Morgan fingerprint density at radius 3 is 2.55 bits per heavy atom. The third-order valence-electron chi connectivity index (χ3n) is 1.71. The third-order valence-corrected chi connectivity index (χ3v) is 1.71. The molecule has 0 fully saturated rings. The predicted molar refractivity (Wildman–Crippen MR) is 44.1 cm³/mol. The average molecular weight is 159 g/mol. The largest absolute Gasteiger partial charge is 0.385 e. The highest BCUT2D eigenvalue weighted by atomic mass is 16.5. The van der Waals surface area contributed by atoms with Crippen LogP contribution in [0.1, 0.15) is 26.2 Å². The summed E-state index contributed by atoms with van der Waals surface area (Å²) in [7, 11) is 1.63. The summed E-state index contributed by atoms with van der Waals surface area (Å²) in [6.07, 6.45) is 2.62. The van der Waals surface area contributed by atoms with Gasteiger partial charge in [-0.3, -0.25) is 4.79 Å². The van der Waals surface area contributed by atoms with Crippen LogP contribution in [-0.4, -0.2) is 19.6 Å². The van der Waals surface area contributed by atoms with E-state index in [0.717, 1.165) is 19.3 Å². The minimum atomic E-state index is -0.205. The van der Waals surface area contributed by atoms with Crippen LogP contribution in [0, 0.1) is 5.92 Å². The lowest BCUT2D eigenvalue weighted by atomic mass is 10.00. The van der Waals surface area contributed by atoms with Gasteiger partial charge >= 0.3 is 0 Å². The van der Waals surface area contributed by atoms with Gasteiger partial charge in [0.15, 0.2) is 0 Å². The Morgan fingerprint density at radius 1 is 1.55 bits per heavy atom. The molecular formula is C8H17NO2. The molecule has 11 heavy (non-hydrogen) atoms. The van der Waals surface area contributed by atoms with E-state index in [1.54, 1.807) is 7.11 Å². The van der Waals surface area contributed by atoms with Gasteiger partial charge in [0, 0.05) is 19.6 Å². The zero-order chi connectivity index (χ0) is 8.69. The lowest BCUT2D eigenvalue weighted by Gasteiger charge is -2.10. The second-order valence-corrected chi connectivity index (χ2v) is 2.67. The van der Waals surface area contributed by atoms with Gasteiger partial charge in [0.2, 0.25) is 5.91 Å². The molecule has 0 spiro atoms. The maximum Gasteiger partial charge on any atom is 0.220 e. The maximum absolute atomic E-state index is 10.8. The summed E-state index contributed by atoms with van der Waals surface area (Å²) < 4.78 is 4.86. The summed E-state index contributed by atoms with van der Waals surface area (Å²) in [4.78, 5) is 10.8. The second-order valence-electron chi connectivity index (χ2n) is 2.67.